The highest BCUT2D eigenvalue weighted by molar-refractivity contribution is 7.90. The molecular weight excluding hydrogens is 232 g/mol. The van der Waals surface area contributed by atoms with Crippen LogP contribution in [0.2, 0.25) is 0 Å². The van der Waals surface area contributed by atoms with Crippen LogP contribution in [0.25, 0.3) is 0 Å². The molecule has 0 radical (unpaired) electrons. The zero-order valence-corrected chi connectivity index (χ0v) is 10.0. The number of piperazine rings is 1. The summed E-state index contributed by atoms with van der Waals surface area (Å²) >= 11 is 0. The van der Waals surface area contributed by atoms with Gasteiger partial charge < -0.3 is 0 Å². The van der Waals surface area contributed by atoms with E-state index in [9.17, 15) is 18.0 Å². The summed E-state index contributed by atoms with van der Waals surface area (Å²) in [6, 6.07) is 0. The molecule has 2 fully saturated rings. The number of carbonyl (C=O) groups is 2. The van der Waals surface area contributed by atoms with Gasteiger partial charge >= 0.3 is 0 Å². The molecule has 2 aliphatic rings. The molecule has 0 aromatic rings. The number of amides is 2. The summed E-state index contributed by atoms with van der Waals surface area (Å²) in [5.41, 5.74) is -1.19. The molecule has 16 heavy (non-hydrogen) atoms. The van der Waals surface area contributed by atoms with E-state index in [1.807, 2.05) is 0 Å². The molecule has 2 rings (SSSR count). The molecule has 0 atom stereocenters. The monoisotopic (exact) mass is 246 g/mol. The molecule has 1 saturated carbocycles. The Morgan fingerprint density at radius 2 is 1.88 bits per heavy atom. The third-order valence-electron chi connectivity index (χ3n) is 2.97. The number of carbonyl (C=O) groups excluding carboxylic acids is 2. The quantitative estimate of drug-likeness (QED) is 0.648. The summed E-state index contributed by atoms with van der Waals surface area (Å²) in [5.74, 6) is -1.12. The van der Waals surface area contributed by atoms with Crippen molar-refractivity contribution >= 4 is 21.8 Å². The summed E-state index contributed by atoms with van der Waals surface area (Å²) < 4.78 is 25.1. The molecule has 90 valence electrons. The molecule has 1 N–H and O–H groups in total. The first kappa shape index (κ1) is 11.5. The van der Waals surface area contributed by atoms with Gasteiger partial charge in [-0.25, -0.2) is 8.42 Å². The van der Waals surface area contributed by atoms with Gasteiger partial charge in [-0.15, -0.1) is 0 Å². The highest BCUT2D eigenvalue weighted by Gasteiger charge is 2.51. The van der Waals surface area contributed by atoms with E-state index in [2.05, 4.69) is 5.32 Å². The minimum Gasteiger partial charge on any atom is -0.294 e. The van der Waals surface area contributed by atoms with Crippen molar-refractivity contribution in [1.82, 2.24) is 9.62 Å². The van der Waals surface area contributed by atoms with Crippen molar-refractivity contribution in [2.45, 2.75) is 37.5 Å². The number of sulfonamides is 1. The third kappa shape index (κ3) is 1.63. The summed E-state index contributed by atoms with van der Waals surface area (Å²) in [6.45, 7) is 2.75. The van der Waals surface area contributed by atoms with Crippen LogP contribution in [0.1, 0.15) is 26.7 Å². The first-order valence-electron chi connectivity index (χ1n) is 5.12. The molecule has 0 spiro atoms. The average molecular weight is 246 g/mol. The topological polar surface area (TPSA) is 83.6 Å². The lowest BCUT2D eigenvalue weighted by Crippen LogP contribution is -2.65. The van der Waals surface area contributed by atoms with E-state index in [0.717, 1.165) is 4.31 Å². The summed E-state index contributed by atoms with van der Waals surface area (Å²) in [5, 5.41) is 1.74. The predicted octanol–water partition coefficient (Wildman–Crippen LogP) is -0.784. The van der Waals surface area contributed by atoms with Crippen LogP contribution in [-0.4, -0.2) is 41.9 Å². The Kier molecular flexibility index (Phi) is 2.36. The maximum atomic E-state index is 12.0. The minimum absolute atomic E-state index is 0.266. The highest BCUT2D eigenvalue weighted by Crippen LogP contribution is 2.35. The first-order valence-corrected chi connectivity index (χ1v) is 6.62. The van der Waals surface area contributed by atoms with Gasteiger partial charge in [0.25, 0.3) is 0 Å². The SMILES string of the molecule is CC1(C)C(=O)NC(=O)CN1S(=O)(=O)C1CC1. The van der Waals surface area contributed by atoms with E-state index >= 15 is 0 Å². The number of imide groups is 1. The summed E-state index contributed by atoms with van der Waals surface area (Å²) in [4.78, 5) is 22.8. The number of hydrogen-bond acceptors (Lipinski definition) is 4. The van der Waals surface area contributed by atoms with Crippen LogP contribution in [0.15, 0.2) is 0 Å². The molecule has 0 unspecified atom stereocenters. The molecule has 7 heteroatoms. The van der Waals surface area contributed by atoms with Crippen LogP contribution in [0.3, 0.4) is 0 Å². The van der Waals surface area contributed by atoms with E-state index in [-0.39, 0.29) is 6.54 Å². The molecular formula is C9H14N2O4S. The zero-order valence-electron chi connectivity index (χ0n) is 9.19. The molecule has 0 bridgehead atoms. The van der Waals surface area contributed by atoms with Gasteiger partial charge in [0.05, 0.1) is 11.8 Å². The van der Waals surface area contributed by atoms with Gasteiger partial charge in [0.15, 0.2) is 0 Å². The maximum Gasteiger partial charge on any atom is 0.247 e. The van der Waals surface area contributed by atoms with Gasteiger partial charge in [0.2, 0.25) is 21.8 Å². The van der Waals surface area contributed by atoms with Crippen molar-refractivity contribution in [3.63, 3.8) is 0 Å². The summed E-state index contributed by atoms with van der Waals surface area (Å²) in [6.07, 6.45) is 1.23. The van der Waals surface area contributed by atoms with E-state index in [4.69, 9.17) is 0 Å². The van der Waals surface area contributed by atoms with E-state index in [0.29, 0.717) is 12.8 Å². The summed E-state index contributed by atoms with van der Waals surface area (Å²) in [7, 11) is -3.51. The Hall–Kier alpha value is -0.950. The Labute approximate surface area is 94.0 Å². The fraction of sp³-hybridized carbons (Fsp3) is 0.778. The first-order chi connectivity index (χ1) is 7.26. The number of nitrogens with one attached hydrogen (secondary N) is 1. The fourth-order valence-electron chi connectivity index (χ4n) is 1.71. The third-order valence-corrected chi connectivity index (χ3v) is 5.49. The predicted molar refractivity (Wildman–Crippen MR) is 55.9 cm³/mol. The van der Waals surface area contributed by atoms with E-state index < -0.39 is 32.6 Å². The number of rotatable bonds is 2. The lowest BCUT2D eigenvalue weighted by molar-refractivity contribution is -0.141. The van der Waals surface area contributed by atoms with Gasteiger partial charge in [-0.2, -0.15) is 4.31 Å². The lowest BCUT2D eigenvalue weighted by Gasteiger charge is -2.38. The molecule has 0 aromatic carbocycles. The average Bonchev–Trinajstić information content (AvgIpc) is 2.94. The standard InChI is InChI=1S/C9H14N2O4S/c1-9(2)8(13)10-7(12)5-11(9)16(14,15)6-3-4-6/h6H,3-5H2,1-2H3,(H,10,12,13). The van der Waals surface area contributed by atoms with Crippen LogP contribution >= 0.6 is 0 Å². The maximum absolute atomic E-state index is 12.0. The minimum atomic E-state index is -3.51. The van der Waals surface area contributed by atoms with Crippen molar-refractivity contribution in [2.24, 2.45) is 0 Å². The largest absolute Gasteiger partial charge is 0.294 e. The Balaban J connectivity index is 2.37. The Morgan fingerprint density at radius 3 is 2.38 bits per heavy atom. The number of hydrogen-bond donors (Lipinski definition) is 1. The van der Waals surface area contributed by atoms with E-state index in [1.165, 1.54) is 13.8 Å². The second-order valence-corrected chi connectivity index (χ2v) is 6.82. The molecule has 1 saturated heterocycles. The second-order valence-electron chi connectivity index (χ2n) is 4.69. The molecule has 6 nitrogen and oxygen atoms in total. The molecule has 0 aromatic heterocycles. The Bertz CT molecular complexity index is 450. The van der Waals surface area contributed by atoms with Gasteiger partial charge in [-0.3, -0.25) is 14.9 Å². The molecule has 1 aliphatic heterocycles. The van der Waals surface area contributed by atoms with Crippen LogP contribution in [0, 0.1) is 0 Å². The van der Waals surface area contributed by atoms with Crippen LogP contribution < -0.4 is 5.32 Å². The van der Waals surface area contributed by atoms with Crippen molar-refractivity contribution in [1.29, 1.82) is 0 Å². The molecule has 1 aliphatic carbocycles. The van der Waals surface area contributed by atoms with Crippen LogP contribution in [0.4, 0.5) is 0 Å². The smallest absolute Gasteiger partial charge is 0.247 e. The molecule has 1 heterocycles. The highest BCUT2D eigenvalue weighted by atomic mass is 32.2. The van der Waals surface area contributed by atoms with Crippen molar-refractivity contribution in [2.75, 3.05) is 6.54 Å². The van der Waals surface area contributed by atoms with Crippen LogP contribution in [-0.2, 0) is 19.6 Å². The zero-order chi connectivity index (χ0) is 12.1. The molecule has 2 amide bonds. The van der Waals surface area contributed by atoms with Gasteiger partial charge in [-0.05, 0) is 26.7 Å². The normalized spacial score (nSPS) is 26.6. The Morgan fingerprint density at radius 1 is 1.31 bits per heavy atom. The van der Waals surface area contributed by atoms with Crippen LogP contribution in [0.5, 0.6) is 0 Å². The van der Waals surface area contributed by atoms with Gasteiger partial charge in [-0.1, -0.05) is 0 Å². The van der Waals surface area contributed by atoms with E-state index in [1.54, 1.807) is 0 Å². The lowest BCUT2D eigenvalue weighted by atomic mass is 10.0. The van der Waals surface area contributed by atoms with Gasteiger partial charge in [0.1, 0.15) is 5.54 Å². The van der Waals surface area contributed by atoms with Gasteiger partial charge in [0, 0.05) is 0 Å². The second kappa shape index (κ2) is 3.27. The van der Waals surface area contributed by atoms with Crippen molar-refractivity contribution in [3.05, 3.63) is 0 Å². The number of nitrogens with zero attached hydrogens (tertiary/aromatic N) is 1. The van der Waals surface area contributed by atoms with Crippen molar-refractivity contribution < 1.29 is 18.0 Å². The fourth-order valence-corrected chi connectivity index (χ4v) is 3.82. The van der Waals surface area contributed by atoms with Crippen molar-refractivity contribution in [3.8, 4) is 0 Å².